The van der Waals surface area contributed by atoms with Gasteiger partial charge in [0.15, 0.2) is 18.9 Å². The maximum absolute atomic E-state index is 12.6. The normalized spacial score (nSPS) is 22.2. The Labute approximate surface area is 771 Å². The fraction of sp³-hybridized carbons (Fsp3) is 0.649. The number of nitrogens with one attached hydrogen (secondary N) is 6. The van der Waals surface area contributed by atoms with Crippen LogP contribution in [0.25, 0.3) is 0 Å². The van der Waals surface area contributed by atoms with Crippen molar-refractivity contribution in [2.45, 2.75) is 219 Å². The zero-order valence-electron chi connectivity index (χ0n) is 76.0. The van der Waals surface area contributed by atoms with Gasteiger partial charge in [-0.2, -0.15) is 0 Å². The zero-order chi connectivity index (χ0) is 89.6. The molecule has 30 heteroatoms. The number of nitrogens with two attached hydrogens (primary N) is 1. The molecular weight excluding hydrogens is 1690 g/mol. The van der Waals surface area contributed by atoms with Gasteiger partial charge in [0, 0.05) is 109 Å². The summed E-state index contributed by atoms with van der Waals surface area (Å²) < 4.78 is 48.4. The van der Waals surface area contributed by atoms with E-state index in [-0.39, 0.29) is 118 Å². The second-order valence-corrected chi connectivity index (χ2v) is 36.3. The summed E-state index contributed by atoms with van der Waals surface area (Å²) >= 11 is 0. The van der Waals surface area contributed by atoms with Gasteiger partial charge in [-0.25, -0.2) is 9.59 Å². The third-order valence-electron chi connectivity index (χ3n) is 21.9. The van der Waals surface area contributed by atoms with E-state index in [4.69, 9.17) is 48.4 Å². The van der Waals surface area contributed by atoms with Crippen molar-refractivity contribution < 1.29 is 115 Å². The molecule has 5 aromatic carbocycles. The topological polar surface area (TPSA) is 343 Å². The van der Waals surface area contributed by atoms with Crippen LogP contribution in [0.5, 0.6) is 0 Å². The van der Waals surface area contributed by atoms with Gasteiger partial charge in [0.1, 0.15) is 12.2 Å². The molecule has 124 heavy (non-hydrogen) atoms. The summed E-state index contributed by atoms with van der Waals surface area (Å²) in [5.74, 6) is 3.24. The van der Waals surface area contributed by atoms with E-state index in [9.17, 15) is 39.9 Å². The fourth-order valence-electron chi connectivity index (χ4n) is 15.8. The largest absolute Gasteiger partial charge is 0.649 e. The maximum Gasteiger partial charge on any atom is 0.407 e. The maximum atomic E-state index is 12.6. The number of aliphatic hydroxyl groups excluding tert-OH is 5. The molecule has 2 unspecified atom stereocenters. The van der Waals surface area contributed by atoms with E-state index in [0.717, 1.165) is 82.4 Å². The predicted molar refractivity (Wildman–Crippen MR) is 491 cm³/mol. The van der Waals surface area contributed by atoms with Gasteiger partial charge in [0.25, 0.3) is 0 Å². The van der Waals surface area contributed by atoms with Crippen LogP contribution in [-0.2, 0) is 112 Å². The first-order valence-electron chi connectivity index (χ1n) is 44.4. The van der Waals surface area contributed by atoms with Gasteiger partial charge in [0.05, 0.1) is 100 Å². The minimum absolute atomic E-state index is 0. The van der Waals surface area contributed by atoms with E-state index in [1.54, 1.807) is 0 Å². The van der Waals surface area contributed by atoms with Crippen LogP contribution in [-0.4, -0.2) is 283 Å². The van der Waals surface area contributed by atoms with Crippen molar-refractivity contribution in [2.24, 2.45) is 53.1 Å². The number of carbonyl (C=O) groups excluding carboxylic acids is 3. The van der Waals surface area contributed by atoms with Gasteiger partial charge in [-0.1, -0.05) is 246 Å². The Balaban J connectivity index is 0.000000270. The van der Waals surface area contributed by atoms with Gasteiger partial charge in [-0.3, -0.25) is 10.2 Å². The molecule has 1 radical (unpaired) electrons. The molecule has 0 bridgehead atoms. The van der Waals surface area contributed by atoms with Crippen molar-refractivity contribution in [3.8, 4) is 0 Å². The molecule has 6 fully saturated rings. The number of likely N-dealkylation sites (N-methyl/N-ethyl adjacent to an activating group) is 3. The Bertz CT molecular complexity index is 3560. The van der Waals surface area contributed by atoms with E-state index in [1.807, 2.05) is 141 Å². The van der Waals surface area contributed by atoms with Crippen LogP contribution >= 0.6 is 18.8 Å². The minimum Gasteiger partial charge on any atom is -0.649 e. The number of benzene rings is 5. The second-order valence-electron chi connectivity index (χ2n) is 35.6. The molecular formula is C94H153N10O17P2Y-. The number of hydrogen-bond donors (Lipinski definition) is 12. The van der Waals surface area contributed by atoms with Crippen LogP contribution in [0.1, 0.15) is 116 Å². The Morgan fingerprint density at radius 3 is 1.01 bits per heavy atom. The number of nitrogens with zero attached hydrogens (tertiary/aromatic N) is 3. The molecule has 13 N–H and O–H groups in total. The average Bonchev–Trinajstić information content (AvgIpc) is 1.69. The predicted octanol–water partition coefficient (Wildman–Crippen LogP) is 8.57. The monoisotopic (exact) mass is 1840 g/mol. The first-order valence-corrected chi connectivity index (χ1v) is 45.6. The molecule has 6 aliphatic rings. The molecule has 6 aliphatic heterocycles. The Morgan fingerprint density at radius 1 is 0.403 bits per heavy atom. The summed E-state index contributed by atoms with van der Waals surface area (Å²) in [4.78, 5) is 41.4. The summed E-state index contributed by atoms with van der Waals surface area (Å²) in [5, 5.41) is 70.7. The second kappa shape index (κ2) is 61.8. The summed E-state index contributed by atoms with van der Waals surface area (Å²) in [7, 11) is 11.1. The minimum atomic E-state index is -0.728. The SMILES string of the molecule is CC(C)CN(C)C[C@@H](O)[C@@H](N)Cc1ccccc1.CC(C)CN(C)C[C@@H](O)[C@H](Cc1ccccc1)NC(=O)O[C@@H]1CO[C@@H]2OCC[C@@H]21.CC(C)CN(C)C[C@@H](O)[C@H](Cc1ccccc1)NP.CC(C)CNC[C@@H](O)[C@H](Cc1ccccc1)NC(=O)O[C@@H]1CO[C@@H]2OCC[C@@H]21.CC(C)CNC[C@@H](O)[C@H](Cc1ccccc1)NP.O=[C-]O[C@@H]1CO[C@@H]2OCC[C@@H]21.[Y]. The average molecular weight is 1850 g/mol. The Kier molecular flexibility index (Phi) is 54.7. The van der Waals surface area contributed by atoms with Gasteiger partial charge in [-0.15, -0.1) is 0 Å². The smallest absolute Gasteiger partial charge is 0.407 e. The van der Waals surface area contributed by atoms with Gasteiger partial charge in [-0.05, 0) is 143 Å². The van der Waals surface area contributed by atoms with E-state index in [0.29, 0.717) is 115 Å². The fourth-order valence-corrected chi connectivity index (χ4v) is 16.5. The zero-order valence-corrected chi connectivity index (χ0v) is 81.2. The van der Waals surface area contributed by atoms with E-state index < -0.39 is 42.6 Å². The number of fused-ring (bicyclic) bond motifs is 3. The number of ether oxygens (including phenoxy) is 9. The molecule has 0 aliphatic carbocycles. The van der Waals surface area contributed by atoms with Crippen LogP contribution < -0.4 is 37.2 Å². The third kappa shape index (κ3) is 43.4. The molecule has 2 amide bonds. The number of amides is 2. The van der Waals surface area contributed by atoms with E-state index >= 15 is 0 Å². The van der Waals surface area contributed by atoms with Crippen molar-refractivity contribution in [1.29, 1.82) is 0 Å². The summed E-state index contributed by atoms with van der Waals surface area (Å²) in [6, 6.07) is 49.3. The first kappa shape index (κ1) is 110. The van der Waals surface area contributed by atoms with Gasteiger partial charge >= 0.3 is 12.2 Å². The molecule has 695 valence electrons. The van der Waals surface area contributed by atoms with Gasteiger partial charge < -0.3 is 115 Å². The van der Waals surface area contributed by atoms with Crippen LogP contribution in [0.4, 0.5) is 9.59 Å². The quantitative estimate of drug-likeness (QED) is 0.00987. The van der Waals surface area contributed by atoms with E-state index in [1.165, 1.54) is 23.2 Å². The van der Waals surface area contributed by atoms with Gasteiger partial charge in [0.2, 0.25) is 0 Å². The number of hydrogen-bond acceptors (Lipinski definition) is 25. The Morgan fingerprint density at radius 2 is 0.685 bits per heavy atom. The molecule has 0 spiro atoms. The van der Waals surface area contributed by atoms with Crippen LogP contribution in [0.15, 0.2) is 152 Å². The molecule has 0 aromatic heterocycles. The number of carbonyl (C=O) groups is 2. The number of rotatable bonds is 43. The van der Waals surface area contributed by atoms with Crippen molar-refractivity contribution in [2.75, 3.05) is 126 Å². The van der Waals surface area contributed by atoms with Crippen molar-refractivity contribution >= 4 is 37.4 Å². The molecule has 21 atom stereocenters. The molecule has 6 heterocycles. The number of aliphatic hydroxyl groups is 5. The molecule has 5 aromatic rings. The molecule has 27 nitrogen and oxygen atoms in total. The summed E-state index contributed by atoms with van der Waals surface area (Å²) in [6.45, 7) is 33.6. The molecule has 6 saturated heterocycles. The van der Waals surface area contributed by atoms with Crippen LogP contribution in [0, 0.1) is 47.3 Å². The van der Waals surface area contributed by atoms with Crippen molar-refractivity contribution in [3.05, 3.63) is 179 Å². The summed E-state index contributed by atoms with van der Waals surface area (Å²) in [5.41, 5.74) is 11.8. The van der Waals surface area contributed by atoms with E-state index in [2.05, 4.69) is 165 Å². The first-order chi connectivity index (χ1) is 59.0. The van der Waals surface area contributed by atoms with Crippen LogP contribution in [0.3, 0.4) is 0 Å². The summed E-state index contributed by atoms with van der Waals surface area (Å²) in [6.07, 6.45) is 0.880. The van der Waals surface area contributed by atoms with Crippen LogP contribution in [0.2, 0.25) is 0 Å². The number of alkyl carbamates (subject to hydrolysis) is 2. The Hall–Kier alpha value is -4.69. The molecule has 0 saturated carbocycles. The molecule has 11 rings (SSSR count). The van der Waals surface area contributed by atoms with Crippen molar-refractivity contribution in [1.82, 2.24) is 46.1 Å². The standard InChI is InChI=1S/C22H34N2O5.C21H32N2O5.C15H27N2OP.C15H26N2O.C14H25N2OP.C7H9O4.Y/c1-15(2)12-24(3)13-19(25)18(11-16-7-5-4-6-8-16)23-22(26)29-20-14-28-21-17(20)9-10-27-21;1-14(2)11-22-12-18(24)17(10-15-6-4-3-5-7-15)23-21(25)28-19-13-27-20-16(19)8-9-26-20;1-12(2)10-17(3)11-15(18)14(16-19)9-13-7-5-4-6-8-13;1-12(2)10-17(3)11-15(18)14(16)9-13-7-5-4-6-8-13;1-11(2)9-15-10-14(17)13(16-18)8-12-6-4-3-5-7-12;8-4-11-6-3-10-7-5(6)1-2-9-7;/h4-8,15,17-21,25H,9-14H2,1-3H3,(H,23,26);3-7,14,16-20,22,24H,8-13H2,1-2H3,(H,23,25);4-8,12,14-16,18H,9-11,19H2,1-3H3;4-8,12,14-15,18H,9-11,16H2,1-3H3;3-7,11,13-17H,8-10,18H2,1-2H3;5-7H,1-3H2;/q;;;;;-1;/t17-,18+,19-,20-,21+;16-,17+,18-,19-,20+;2*14-,15+;13-,14+;5-,6-,7+;/m110001./s1. The third-order valence-corrected chi connectivity index (χ3v) is 22.8. The van der Waals surface area contributed by atoms with Crippen molar-refractivity contribution in [3.63, 3.8) is 0 Å².